The molecule has 9 heavy (non-hydrogen) atoms. The molecular weight excluding hydrogens is 199 g/mol. The number of halogens is 2. The third-order valence-electron chi connectivity index (χ3n) is 2.10. The highest BCUT2D eigenvalue weighted by molar-refractivity contribution is 9.09. The monoisotopic (exact) mass is 210 g/mol. The summed E-state index contributed by atoms with van der Waals surface area (Å²) >= 11 is 9.64. The highest BCUT2D eigenvalue weighted by Crippen LogP contribution is 2.32. The Balaban J connectivity index is 2.41. The normalized spacial score (nSPS) is 45.0. The van der Waals surface area contributed by atoms with Gasteiger partial charge in [0.15, 0.2) is 0 Å². The van der Waals surface area contributed by atoms with Crippen LogP contribution in [0.4, 0.5) is 0 Å². The summed E-state index contributed by atoms with van der Waals surface area (Å²) in [6.45, 7) is 2.22. The molecule has 1 saturated carbocycles. The van der Waals surface area contributed by atoms with Crippen LogP contribution < -0.4 is 0 Å². The van der Waals surface area contributed by atoms with Crippen LogP contribution in [0.15, 0.2) is 0 Å². The lowest BCUT2D eigenvalue weighted by molar-refractivity contribution is 0.410. The SMILES string of the molecule is CC1C(Cl)CCCC1Br. The molecule has 0 bridgehead atoms. The van der Waals surface area contributed by atoms with Crippen LogP contribution >= 0.6 is 27.5 Å². The summed E-state index contributed by atoms with van der Waals surface area (Å²) in [5, 5.41) is 0.406. The topological polar surface area (TPSA) is 0 Å². The molecule has 3 unspecified atom stereocenters. The lowest BCUT2D eigenvalue weighted by Gasteiger charge is -2.28. The summed E-state index contributed by atoms with van der Waals surface area (Å²) in [6, 6.07) is 0. The van der Waals surface area contributed by atoms with Crippen molar-refractivity contribution in [2.75, 3.05) is 0 Å². The van der Waals surface area contributed by atoms with E-state index in [1.54, 1.807) is 0 Å². The van der Waals surface area contributed by atoms with Crippen molar-refractivity contribution in [2.45, 2.75) is 36.4 Å². The number of hydrogen-bond donors (Lipinski definition) is 0. The summed E-state index contributed by atoms with van der Waals surface area (Å²) in [5.41, 5.74) is 0. The number of hydrogen-bond acceptors (Lipinski definition) is 0. The van der Waals surface area contributed by atoms with Crippen LogP contribution in [0.3, 0.4) is 0 Å². The third-order valence-corrected chi connectivity index (χ3v) is 4.01. The first-order chi connectivity index (χ1) is 4.22. The van der Waals surface area contributed by atoms with Gasteiger partial charge in [0.25, 0.3) is 0 Å². The Labute approximate surface area is 70.1 Å². The van der Waals surface area contributed by atoms with Crippen molar-refractivity contribution in [3.05, 3.63) is 0 Å². The second kappa shape index (κ2) is 3.25. The summed E-state index contributed by atoms with van der Waals surface area (Å²) in [7, 11) is 0. The Kier molecular flexibility index (Phi) is 2.84. The van der Waals surface area contributed by atoms with Gasteiger partial charge in [-0.2, -0.15) is 0 Å². The fraction of sp³-hybridized carbons (Fsp3) is 1.00. The zero-order valence-electron chi connectivity index (χ0n) is 5.61. The van der Waals surface area contributed by atoms with Gasteiger partial charge in [-0.1, -0.05) is 29.3 Å². The molecule has 1 rings (SSSR count). The molecule has 0 N–H and O–H groups in total. The van der Waals surface area contributed by atoms with Crippen LogP contribution in [0.5, 0.6) is 0 Å². The molecule has 3 atom stereocenters. The first-order valence-corrected chi connectivity index (χ1v) is 4.85. The summed E-state index contributed by atoms with van der Waals surface area (Å²) < 4.78 is 0. The maximum Gasteiger partial charge on any atom is 0.0372 e. The Hall–Kier alpha value is 0.770. The zero-order valence-corrected chi connectivity index (χ0v) is 7.95. The summed E-state index contributed by atoms with van der Waals surface area (Å²) in [4.78, 5) is 0.661. The molecule has 0 saturated heterocycles. The van der Waals surface area contributed by atoms with Crippen LogP contribution in [0.2, 0.25) is 0 Å². The quantitative estimate of drug-likeness (QED) is 0.540. The molecule has 2 heteroatoms. The van der Waals surface area contributed by atoms with Gasteiger partial charge in [0.1, 0.15) is 0 Å². The molecule has 1 aliphatic rings. The lowest BCUT2D eigenvalue weighted by atomic mass is 9.90. The van der Waals surface area contributed by atoms with E-state index in [2.05, 4.69) is 22.9 Å². The highest BCUT2D eigenvalue weighted by atomic mass is 79.9. The third kappa shape index (κ3) is 1.84. The average molecular weight is 212 g/mol. The van der Waals surface area contributed by atoms with Crippen molar-refractivity contribution in [3.63, 3.8) is 0 Å². The van der Waals surface area contributed by atoms with E-state index in [0.29, 0.717) is 16.1 Å². The Morgan fingerprint density at radius 1 is 1.44 bits per heavy atom. The molecule has 1 aliphatic carbocycles. The van der Waals surface area contributed by atoms with Gasteiger partial charge in [0.2, 0.25) is 0 Å². The van der Waals surface area contributed by atoms with Gasteiger partial charge in [-0.15, -0.1) is 11.6 Å². The molecule has 0 aromatic carbocycles. The van der Waals surface area contributed by atoms with Crippen molar-refractivity contribution in [3.8, 4) is 0 Å². The van der Waals surface area contributed by atoms with E-state index in [1.807, 2.05) is 0 Å². The van der Waals surface area contributed by atoms with E-state index < -0.39 is 0 Å². The Bertz CT molecular complexity index is 84.9. The lowest BCUT2D eigenvalue weighted by Crippen LogP contribution is -2.26. The summed E-state index contributed by atoms with van der Waals surface area (Å²) in [5.74, 6) is 0.653. The van der Waals surface area contributed by atoms with Crippen LogP contribution in [0, 0.1) is 5.92 Å². The molecule has 0 aromatic heterocycles. The Morgan fingerprint density at radius 3 is 2.56 bits per heavy atom. The van der Waals surface area contributed by atoms with Gasteiger partial charge in [-0.25, -0.2) is 0 Å². The molecule has 0 aromatic rings. The molecule has 0 heterocycles. The summed E-state index contributed by atoms with van der Waals surface area (Å²) in [6.07, 6.45) is 3.78. The minimum atomic E-state index is 0.406. The van der Waals surface area contributed by atoms with E-state index in [1.165, 1.54) is 19.3 Å². The highest BCUT2D eigenvalue weighted by Gasteiger charge is 2.25. The van der Waals surface area contributed by atoms with Gasteiger partial charge in [0.05, 0.1) is 0 Å². The van der Waals surface area contributed by atoms with Gasteiger partial charge in [-0.05, 0) is 18.8 Å². The number of alkyl halides is 2. The standard InChI is InChI=1S/C7H12BrCl/c1-5-6(8)3-2-4-7(5)9/h5-7H,2-4H2,1H3. The maximum absolute atomic E-state index is 6.03. The van der Waals surface area contributed by atoms with Crippen molar-refractivity contribution in [1.82, 2.24) is 0 Å². The number of rotatable bonds is 0. The van der Waals surface area contributed by atoms with Gasteiger partial charge < -0.3 is 0 Å². The molecule has 1 fully saturated rings. The van der Waals surface area contributed by atoms with E-state index in [-0.39, 0.29) is 0 Å². The molecule has 0 aliphatic heterocycles. The van der Waals surface area contributed by atoms with Gasteiger partial charge in [0, 0.05) is 10.2 Å². The van der Waals surface area contributed by atoms with E-state index >= 15 is 0 Å². The predicted molar refractivity (Wildman–Crippen MR) is 45.4 cm³/mol. The van der Waals surface area contributed by atoms with Crippen LogP contribution in [-0.2, 0) is 0 Å². The van der Waals surface area contributed by atoms with Crippen molar-refractivity contribution >= 4 is 27.5 Å². The molecule has 54 valence electrons. The van der Waals surface area contributed by atoms with E-state index in [9.17, 15) is 0 Å². The van der Waals surface area contributed by atoms with Crippen LogP contribution in [0.1, 0.15) is 26.2 Å². The molecule has 0 spiro atoms. The van der Waals surface area contributed by atoms with E-state index in [0.717, 1.165) is 0 Å². The fourth-order valence-electron chi connectivity index (χ4n) is 1.26. The molecule has 0 radical (unpaired) electrons. The molecule has 0 nitrogen and oxygen atoms in total. The first kappa shape index (κ1) is 7.87. The first-order valence-electron chi connectivity index (χ1n) is 3.50. The molecular formula is C7H12BrCl. The second-order valence-electron chi connectivity index (χ2n) is 2.82. The zero-order chi connectivity index (χ0) is 6.85. The van der Waals surface area contributed by atoms with Crippen molar-refractivity contribution < 1.29 is 0 Å². The predicted octanol–water partition coefficient (Wildman–Crippen LogP) is 3.18. The minimum Gasteiger partial charge on any atom is -0.123 e. The fourth-order valence-corrected chi connectivity index (χ4v) is 2.46. The largest absolute Gasteiger partial charge is 0.123 e. The maximum atomic E-state index is 6.03. The average Bonchev–Trinajstić information content (AvgIpc) is 1.83. The van der Waals surface area contributed by atoms with Crippen LogP contribution in [-0.4, -0.2) is 10.2 Å². The van der Waals surface area contributed by atoms with Gasteiger partial charge in [-0.3, -0.25) is 0 Å². The van der Waals surface area contributed by atoms with Gasteiger partial charge >= 0.3 is 0 Å². The minimum absolute atomic E-state index is 0.406. The van der Waals surface area contributed by atoms with Crippen LogP contribution in [0.25, 0.3) is 0 Å². The smallest absolute Gasteiger partial charge is 0.0372 e. The second-order valence-corrected chi connectivity index (χ2v) is 4.56. The van der Waals surface area contributed by atoms with Crippen molar-refractivity contribution in [1.29, 1.82) is 0 Å². The molecule has 0 amide bonds. The Morgan fingerprint density at radius 2 is 2.11 bits per heavy atom. The van der Waals surface area contributed by atoms with Crippen molar-refractivity contribution in [2.24, 2.45) is 5.92 Å². The van der Waals surface area contributed by atoms with E-state index in [4.69, 9.17) is 11.6 Å².